The van der Waals surface area contributed by atoms with Crippen molar-refractivity contribution in [2.24, 2.45) is 0 Å². The van der Waals surface area contributed by atoms with E-state index in [0.29, 0.717) is 5.92 Å². The summed E-state index contributed by atoms with van der Waals surface area (Å²) in [5.74, 6) is 0.561. The molecule has 19 heavy (non-hydrogen) atoms. The van der Waals surface area contributed by atoms with Crippen LogP contribution in [0.25, 0.3) is 6.08 Å². The normalized spacial score (nSPS) is 17.5. The van der Waals surface area contributed by atoms with E-state index in [1.54, 1.807) is 0 Å². The van der Waals surface area contributed by atoms with Crippen LogP contribution in [0.5, 0.6) is 0 Å². The van der Waals surface area contributed by atoms with E-state index in [9.17, 15) is 4.79 Å². The molecule has 94 valence electrons. The topological polar surface area (TPSA) is 17.1 Å². The molecule has 3 rings (SSSR count). The summed E-state index contributed by atoms with van der Waals surface area (Å²) in [6.07, 6.45) is 2.87. The van der Waals surface area contributed by atoms with Crippen molar-refractivity contribution in [2.45, 2.75) is 19.3 Å². The Kier molecular flexibility index (Phi) is 3.04. The van der Waals surface area contributed by atoms with E-state index in [1.807, 2.05) is 42.5 Å². The Hall–Kier alpha value is -2.15. The third-order valence-corrected chi connectivity index (χ3v) is 3.71. The van der Waals surface area contributed by atoms with Gasteiger partial charge < -0.3 is 0 Å². The van der Waals surface area contributed by atoms with Crippen molar-refractivity contribution in [1.82, 2.24) is 0 Å². The average molecular weight is 248 g/mol. The maximum absolute atomic E-state index is 12.5. The zero-order valence-electron chi connectivity index (χ0n) is 11.0. The van der Waals surface area contributed by atoms with E-state index in [-0.39, 0.29) is 5.78 Å². The Bertz CT molecular complexity index is 638. The molecule has 0 spiro atoms. The molecule has 0 saturated heterocycles. The zero-order chi connectivity index (χ0) is 13.2. The lowest BCUT2D eigenvalue weighted by molar-refractivity contribution is 0.103. The maximum atomic E-state index is 12.5. The lowest BCUT2D eigenvalue weighted by Crippen LogP contribution is -2.11. The SMILES string of the molecule is CC1CC(C(=O)c2ccccc2)=Cc2ccccc21. The van der Waals surface area contributed by atoms with Crippen molar-refractivity contribution in [3.8, 4) is 0 Å². The van der Waals surface area contributed by atoms with E-state index in [4.69, 9.17) is 0 Å². The molecular formula is C18H16O. The van der Waals surface area contributed by atoms with Crippen molar-refractivity contribution in [3.05, 3.63) is 76.9 Å². The quantitative estimate of drug-likeness (QED) is 0.717. The highest BCUT2D eigenvalue weighted by molar-refractivity contribution is 6.11. The van der Waals surface area contributed by atoms with Crippen LogP contribution < -0.4 is 0 Å². The van der Waals surface area contributed by atoms with Gasteiger partial charge in [-0.05, 0) is 29.5 Å². The predicted molar refractivity (Wildman–Crippen MR) is 78.2 cm³/mol. The van der Waals surface area contributed by atoms with Gasteiger partial charge in [-0.1, -0.05) is 61.5 Å². The van der Waals surface area contributed by atoms with Gasteiger partial charge in [-0.2, -0.15) is 0 Å². The third kappa shape index (κ3) is 2.24. The summed E-state index contributed by atoms with van der Waals surface area (Å²) in [7, 11) is 0. The molecule has 1 aliphatic carbocycles. The Labute approximate surface area is 113 Å². The number of carbonyl (C=O) groups excluding carboxylic acids is 1. The number of carbonyl (C=O) groups is 1. The smallest absolute Gasteiger partial charge is 0.189 e. The second kappa shape index (κ2) is 4.85. The fourth-order valence-corrected chi connectivity index (χ4v) is 2.71. The molecule has 1 nitrogen and oxygen atoms in total. The van der Waals surface area contributed by atoms with Crippen molar-refractivity contribution >= 4 is 11.9 Å². The molecule has 2 aromatic carbocycles. The number of hydrogen-bond donors (Lipinski definition) is 0. The number of benzene rings is 2. The number of Topliss-reactive ketones (excluding diaryl/α,β-unsaturated/α-hetero) is 1. The van der Waals surface area contributed by atoms with Crippen molar-refractivity contribution in [3.63, 3.8) is 0 Å². The first kappa shape index (κ1) is 11.9. The van der Waals surface area contributed by atoms with E-state index < -0.39 is 0 Å². The largest absolute Gasteiger partial charge is 0.289 e. The highest BCUT2D eigenvalue weighted by atomic mass is 16.1. The Morgan fingerprint density at radius 1 is 1.00 bits per heavy atom. The monoisotopic (exact) mass is 248 g/mol. The van der Waals surface area contributed by atoms with E-state index in [1.165, 1.54) is 11.1 Å². The molecule has 1 aliphatic rings. The van der Waals surface area contributed by atoms with Crippen LogP contribution in [0.1, 0.15) is 40.7 Å². The van der Waals surface area contributed by atoms with Gasteiger partial charge in [-0.25, -0.2) is 0 Å². The molecule has 0 heterocycles. The Morgan fingerprint density at radius 2 is 1.68 bits per heavy atom. The van der Waals surface area contributed by atoms with E-state index >= 15 is 0 Å². The average Bonchev–Trinajstić information content (AvgIpc) is 2.47. The van der Waals surface area contributed by atoms with Crippen LogP contribution in [0.3, 0.4) is 0 Å². The summed E-state index contributed by atoms with van der Waals surface area (Å²) in [6.45, 7) is 2.18. The van der Waals surface area contributed by atoms with Gasteiger partial charge in [0.25, 0.3) is 0 Å². The van der Waals surface area contributed by atoms with Crippen molar-refractivity contribution in [2.75, 3.05) is 0 Å². The molecule has 0 bridgehead atoms. The first-order chi connectivity index (χ1) is 9.25. The Balaban J connectivity index is 2.00. The predicted octanol–water partition coefficient (Wildman–Crippen LogP) is 4.46. The van der Waals surface area contributed by atoms with Crippen LogP contribution >= 0.6 is 0 Å². The molecule has 0 radical (unpaired) electrons. The first-order valence-corrected chi connectivity index (χ1v) is 6.65. The van der Waals surface area contributed by atoms with Crippen molar-refractivity contribution < 1.29 is 4.79 Å². The molecule has 0 amide bonds. The standard InChI is InChI=1S/C18H16O/c1-13-11-16(12-15-9-5-6-10-17(13)15)18(19)14-7-3-2-4-8-14/h2-10,12-13H,11H2,1H3. The summed E-state index contributed by atoms with van der Waals surface area (Å²) in [4.78, 5) is 12.5. The summed E-state index contributed by atoms with van der Waals surface area (Å²) in [5.41, 5.74) is 4.21. The summed E-state index contributed by atoms with van der Waals surface area (Å²) in [5, 5.41) is 0. The summed E-state index contributed by atoms with van der Waals surface area (Å²) in [6, 6.07) is 17.9. The molecule has 1 unspecified atom stereocenters. The van der Waals surface area contributed by atoms with Gasteiger partial charge in [0.1, 0.15) is 0 Å². The van der Waals surface area contributed by atoms with Gasteiger partial charge in [0.15, 0.2) is 5.78 Å². The first-order valence-electron chi connectivity index (χ1n) is 6.65. The number of allylic oxidation sites excluding steroid dienone is 1. The van der Waals surface area contributed by atoms with Crippen LogP contribution in [0.4, 0.5) is 0 Å². The van der Waals surface area contributed by atoms with Crippen molar-refractivity contribution in [1.29, 1.82) is 0 Å². The zero-order valence-corrected chi connectivity index (χ0v) is 11.0. The van der Waals surface area contributed by atoms with Gasteiger partial charge in [-0.3, -0.25) is 4.79 Å². The number of fused-ring (bicyclic) bond motifs is 1. The van der Waals surface area contributed by atoms with Gasteiger partial charge >= 0.3 is 0 Å². The summed E-state index contributed by atoms with van der Waals surface area (Å²) >= 11 is 0. The van der Waals surface area contributed by atoms with Gasteiger partial charge in [-0.15, -0.1) is 0 Å². The van der Waals surface area contributed by atoms with E-state index in [2.05, 4.69) is 25.1 Å². The van der Waals surface area contributed by atoms with Gasteiger partial charge in [0.05, 0.1) is 0 Å². The van der Waals surface area contributed by atoms with Crippen LogP contribution in [-0.2, 0) is 0 Å². The van der Waals surface area contributed by atoms with E-state index in [0.717, 1.165) is 17.6 Å². The molecule has 0 saturated carbocycles. The fraction of sp³-hybridized carbons (Fsp3) is 0.167. The van der Waals surface area contributed by atoms with Crippen LogP contribution in [0.2, 0.25) is 0 Å². The minimum Gasteiger partial charge on any atom is -0.289 e. The number of ketones is 1. The molecule has 0 fully saturated rings. The maximum Gasteiger partial charge on any atom is 0.189 e. The molecule has 1 heteroatoms. The lowest BCUT2D eigenvalue weighted by Gasteiger charge is -2.22. The highest BCUT2D eigenvalue weighted by Crippen LogP contribution is 2.34. The van der Waals surface area contributed by atoms with Crippen LogP contribution in [0.15, 0.2) is 60.2 Å². The third-order valence-electron chi connectivity index (χ3n) is 3.71. The molecule has 1 atom stereocenters. The fourth-order valence-electron chi connectivity index (χ4n) is 2.71. The lowest BCUT2D eigenvalue weighted by atomic mass is 9.82. The molecule has 2 aromatic rings. The minimum atomic E-state index is 0.155. The molecule has 0 aromatic heterocycles. The summed E-state index contributed by atoms with van der Waals surface area (Å²) < 4.78 is 0. The van der Waals surface area contributed by atoms with Gasteiger partial charge in [0.2, 0.25) is 0 Å². The second-order valence-corrected chi connectivity index (χ2v) is 5.10. The molecule has 0 aliphatic heterocycles. The van der Waals surface area contributed by atoms with Gasteiger partial charge in [0, 0.05) is 11.1 Å². The van der Waals surface area contributed by atoms with Crippen LogP contribution in [0, 0.1) is 0 Å². The highest BCUT2D eigenvalue weighted by Gasteiger charge is 2.21. The number of rotatable bonds is 2. The molecular weight excluding hydrogens is 232 g/mol. The second-order valence-electron chi connectivity index (χ2n) is 5.10. The van der Waals surface area contributed by atoms with Crippen LogP contribution in [-0.4, -0.2) is 5.78 Å². The molecule has 0 N–H and O–H groups in total. The number of hydrogen-bond acceptors (Lipinski definition) is 1. The minimum absolute atomic E-state index is 0.155. The Morgan fingerprint density at radius 3 is 2.47 bits per heavy atom.